The summed E-state index contributed by atoms with van der Waals surface area (Å²) >= 11 is 0. The lowest BCUT2D eigenvalue weighted by Gasteiger charge is -2.22. The van der Waals surface area contributed by atoms with E-state index in [0.29, 0.717) is 12.2 Å². The zero-order chi connectivity index (χ0) is 12.0. The third-order valence-corrected chi connectivity index (χ3v) is 2.37. The molecule has 1 aromatic rings. The van der Waals surface area contributed by atoms with Crippen molar-refractivity contribution in [3.05, 3.63) is 30.1 Å². The quantitative estimate of drug-likeness (QED) is 0.747. The fourth-order valence-electron chi connectivity index (χ4n) is 1.38. The van der Waals surface area contributed by atoms with Crippen molar-refractivity contribution in [2.75, 3.05) is 33.7 Å². The lowest BCUT2D eigenvalue weighted by molar-refractivity contribution is 0.0748. The van der Waals surface area contributed by atoms with E-state index in [-0.39, 0.29) is 5.91 Å². The first kappa shape index (κ1) is 12.6. The van der Waals surface area contributed by atoms with Gasteiger partial charge in [0, 0.05) is 25.8 Å². The Labute approximate surface area is 96.9 Å². The Balaban J connectivity index is 2.63. The highest BCUT2D eigenvalue weighted by Gasteiger charge is 2.14. The van der Waals surface area contributed by atoms with Crippen LogP contribution in [0.2, 0.25) is 0 Å². The zero-order valence-corrected chi connectivity index (χ0v) is 10.2. The minimum absolute atomic E-state index is 0.00458. The van der Waals surface area contributed by atoms with Crippen molar-refractivity contribution < 1.29 is 4.79 Å². The van der Waals surface area contributed by atoms with Crippen LogP contribution in [0, 0.1) is 0 Å². The molecule has 0 fully saturated rings. The van der Waals surface area contributed by atoms with Gasteiger partial charge in [0.15, 0.2) is 0 Å². The molecule has 0 N–H and O–H groups in total. The van der Waals surface area contributed by atoms with Crippen LogP contribution in [0.1, 0.15) is 17.4 Å². The molecule has 0 aromatic carbocycles. The van der Waals surface area contributed by atoms with E-state index < -0.39 is 0 Å². The van der Waals surface area contributed by atoms with Gasteiger partial charge in [-0.3, -0.25) is 9.78 Å². The molecule has 0 saturated heterocycles. The average Bonchev–Trinajstić information content (AvgIpc) is 2.30. The number of hydrogen-bond donors (Lipinski definition) is 0. The summed E-state index contributed by atoms with van der Waals surface area (Å²) in [5.74, 6) is 0.00458. The Bertz CT molecular complexity index is 324. The predicted octanol–water partition coefficient (Wildman–Crippen LogP) is 1.11. The summed E-state index contributed by atoms with van der Waals surface area (Å²) in [5.41, 5.74) is 0.517. The van der Waals surface area contributed by atoms with Gasteiger partial charge in [-0.25, -0.2) is 0 Å². The molecule has 0 radical (unpaired) electrons. The number of amides is 1. The third-order valence-electron chi connectivity index (χ3n) is 2.37. The molecule has 16 heavy (non-hydrogen) atoms. The third kappa shape index (κ3) is 3.62. The predicted molar refractivity (Wildman–Crippen MR) is 64.4 cm³/mol. The summed E-state index contributed by atoms with van der Waals surface area (Å²) in [4.78, 5) is 20.0. The van der Waals surface area contributed by atoms with Gasteiger partial charge in [0.1, 0.15) is 5.69 Å². The van der Waals surface area contributed by atoms with Gasteiger partial charge >= 0.3 is 0 Å². The lowest BCUT2D eigenvalue weighted by atomic mass is 10.3. The molecule has 88 valence electrons. The van der Waals surface area contributed by atoms with E-state index in [9.17, 15) is 4.79 Å². The van der Waals surface area contributed by atoms with Gasteiger partial charge in [-0.2, -0.15) is 0 Å². The first-order chi connectivity index (χ1) is 7.65. The molecule has 0 unspecified atom stereocenters. The number of carbonyl (C=O) groups is 1. The average molecular weight is 221 g/mol. The van der Waals surface area contributed by atoms with Gasteiger partial charge in [0.05, 0.1) is 0 Å². The Morgan fingerprint density at radius 3 is 2.56 bits per heavy atom. The van der Waals surface area contributed by atoms with E-state index in [0.717, 1.165) is 13.1 Å². The van der Waals surface area contributed by atoms with Crippen LogP contribution >= 0.6 is 0 Å². The standard InChI is InChI=1S/C12H19N3O/c1-4-15(10-9-14(2)3)12(16)11-7-5-6-8-13-11/h5-8H,4,9-10H2,1-3H3. The van der Waals surface area contributed by atoms with Gasteiger partial charge in [-0.15, -0.1) is 0 Å². The maximum Gasteiger partial charge on any atom is 0.272 e. The molecular formula is C12H19N3O. The highest BCUT2D eigenvalue weighted by Crippen LogP contribution is 2.01. The molecular weight excluding hydrogens is 202 g/mol. The second-order valence-electron chi connectivity index (χ2n) is 3.90. The Morgan fingerprint density at radius 2 is 2.06 bits per heavy atom. The molecule has 0 aliphatic carbocycles. The van der Waals surface area contributed by atoms with E-state index in [2.05, 4.69) is 9.88 Å². The van der Waals surface area contributed by atoms with E-state index in [1.54, 1.807) is 12.3 Å². The monoisotopic (exact) mass is 221 g/mol. The molecule has 1 amide bonds. The van der Waals surface area contributed by atoms with Crippen molar-refractivity contribution in [2.45, 2.75) is 6.92 Å². The van der Waals surface area contributed by atoms with Crippen molar-refractivity contribution in [1.29, 1.82) is 0 Å². The highest BCUT2D eigenvalue weighted by atomic mass is 16.2. The second-order valence-corrected chi connectivity index (χ2v) is 3.90. The van der Waals surface area contributed by atoms with Gasteiger partial charge in [-0.1, -0.05) is 6.07 Å². The summed E-state index contributed by atoms with van der Waals surface area (Å²) in [6, 6.07) is 5.40. The smallest absolute Gasteiger partial charge is 0.272 e. The van der Waals surface area contributed by atoms with Crippen LogP contribution < -0.4 is 0 Å². The summed E-state index contributed by atoms with van der Waals surface area (Å²) < 4.78 is 0. The number of hydrogen-bond acceptors (Lipinski definition) is 3. The highest BCUT2D eigenvalue weighted by molar-refractivity contribution is 5.92. The molecule has 0 aliphatic rings. The molecule has 0 bridgehead atoms. The van der Waals surface area contributed by atoms with Crippen molar-refractivity contribution in [3.8, 4) is 0 Å². The van der Waals surface area contributed by atoms with Crippen LogP contribution in [-0.4, -0.2) is 54.4 Å². The maximum atomic E-state index is 12.0. The van der Waals surface area contributed by atoms with Gasteiger partial charge < -0.3 is 9.80 Å². The van der Waals surface area contributed by atoms with Gasteiger partial charge in [-0.05, 0) is 33.2 Å². The number of aromatic nitrogens is 1. The molecule has 1 aromatic heterocycles. The summed E-state index contributed by atoms with van der Waals surface area (Å²) in [7, 11) is 4.00. The van der Waals surface area contributed by atoms with E-state index in [4.69, 9.17) is 0 Å². The fraction of sp³-hybridized carbons (Fsp3) is 0.500. The largest absolute Gasteiger partial charge is 0.336 e. The summed E-state index contributed by atoms with van der Waals surface area (Å²) in [6.07, 6.45) is 1.65. The van der Waals surface area contributed by atoms with Crippen molar-refractivity contribution in [1.82, 2.24) is 14.8 Å². The fourth-order valence-corrected chi connectivity index (χ4v) is 1.38. The maximum absolute atomic E-state index is 12.0. The number of nitrogens with zero attached hydrogens (tertiary/aromatic N) is 3. The van der Waals surface area contributed by atoms with Crippen molar-refractivity contribution >= 4 is 5.91 Å². The van der Waals surface area contributed by atoms with Crippen molar-refractivity contribution in [2.24, 2.45) is 0 Å². The van der Waals surface area contributed by atoms with Crippen LogP contribution in [0.4, 0.5) is 0 Å². The number of pyridine rings is 1. The molecule has 4 heteroatoms. The van der Waals surface area contributed by atoms with Crippen LogP contribution in [0.15, 0.2) is 24.4 Å². The minimum Gasteiger partial charge on any atom is -0.336 e. The Hall–Kier alpha value is -1.42. The first-order valence-electron chi connectivity index (χ1n) is 5.50. The topological polar surface area (TPSA) is 36.4 Å². The van der Waals surface area contributed by atoms with Crippen LogP contribution in [0.3, 0.4) is 0 Å². The van der Waals surface area contributed by atoms with Crippen molar-refractivity contribution in [3.63, 3.8) is 0 Å². The van der Waals surface area contributed by atoms with Crippen LogP contribution in [0.5, 0.6) is 0 Å². The SMILES string of the molecule is CCN(CCN(C)C)C(=O)c1ccccn1. The number of rotatable bonds is 5. The second kappa shape index (κ2) is 6.23. The molecule has 0 saturated carbocycles. The molecule has 0 aliphatic heterocycles. The molecule has 0 spiro atoms. The molecule has 0 atom stereocenters. The van der Waals surface area contributed by atoms with Crippen LogP contribution in [0.25, 0.3) is 0 Å². The lowest BCUT2D eigenvalue weighted by Crippen LogP contribution is -2.36. The zero-order valence-electron chi connectivity index (χ0n) is 10.2. The minimum atomic E-state index is 0.00458. The Morgan fingerprint density at radius 1 is 1.31 bits per heavy atom. The van der Waals surface area contributed by atoms with Crippen LogP contribution in [-0.2, 0) is 0 Å². The molecule has 1 rings (SSSR count). The normalized spacial score (nSPS) is 10.5. The molecule has 4 nitrogen and oxygen atoms in total. The number of likely N-dealkylation sites (N-methyl/N-ethyl adjacent to an activating group) is 2. The van der Waals surface area contributed by atoms with Gasteiger partial charge in [0.2, 0.25) is 0 Å². The summed E-state index contributed by atoms with van der Waals surface area (Å²) in [5, 5.41) is 0. The van der Waals surface area contributed by atoms with Gasteiger partial charge in [0.25, 0.3) is 5.91 Å². The number of carbonyl (C=O) groups excluding carboxylic acids is 1. The van der Waals surface area contributed by atoms with E-state index in [1.807, 2.05) is 38.1 Å². The van der Waals surface area contributed by atoms with E-state index >= 15 is 0 Å². The first-order valence-corrected chi connectivity index (χ1v) is 5.50. The van der Waals surface area contributed by atoms with E-state index in [1.165, 1.54) is 0 Å². The molecule has 1 heterocycles. The summed E-state index contributed by atoms with van der Waals surface area (Å²) in [6.45, 7) is 4.30. The Kier molecular flexibility index (Phi) is 4.92.